The molecule has 0 amide bonds. The predicted molar refractivity (Wildman–Crippen MR) is 44.6 cm³/mol. The van der Waals surface area contributed by atoms with Crippen molar-refractivity contribution >= 4 is 11.6 Å². The lowest BCUT2D eigenvalue weighted by molar-refractivity contribution is 0.184. The number of nitrogens with one attached hydrogen (secondary N) is 1. The maximum absolute atomic E-state index is 5.64. The molecule has 0 saturated carbocycles. The third-order valence-corrected chi connectivity index (χ3v) is 2.18. The number of hydrogen-bond donors (Lipinski definition) is 1. The molecule has 3 heteroatoms. The predicted octanol–water partition coefficient (Wildman–Crippen LogP) is 0.519. The number of halogens is 1. The van der Waals surface area contributed by atoms with E-state index in [0.29, 0.717) is 6.04 Å². The number of hydrogen-bond acceptors (Lipinski definition) is 2. The number of alkyl halides is 1. The summed E-state index contributed by atoms with van der Waals surface area (Å²) in [5.74, 6) is 0.754. The van der Waals surface area contributed by atoms with E-state index in [1.807, 2.05) is 0 Å². The summed E-state index contributed by atoms with van der Waals surface area (Å²) in [5, 5.41) is 3.34. The maximum atomic E-state index is 5.64. The molecule has 1 unspecified atom stereocenters. The van der Waals surface area contributed by atoms with Crippen molar-refractivity contribution in [2.75, 3.05) is 32.1 Å². The Bertz CT molecular complexity index is 95.6. The Morgan fingerprint density at radius 3 is 3.10 bits per heavy atom. The van der Waals surface area contributed by atoms with Crippen LogP contribution < -0.4 is 5.32 Å². The third-order valence-electron chi connectivity index (χ3n) is 2.01. The van der Waals surface area contributed by atoms with Gasteiger partial charge in [-0.3, -0.25) is 4.90 Å². The second kappa shape index (κ2) is 4.16. The Balaban J connectivity index is 2.25. The lowest BCUT2D eigenvalue weighted by atomic mass is 10.2. The molecular weight excluding hydrogens is 148 g/mol. The van der Waals surface area contributed by atoms with E-state index < -0.39 is 0 Å². The van der Waals surface area contributed by atoms with Crippen LogP contribution in [0.1, 0.15) is 6.92 Å². The fraction of sp³-hybridized carbons (Fsp3) is 1.00. The fourth-order valence-electron chi connectivity index (χ4n) is 1.32. The van der Waals surface area contributed by atoms with E-state index in [0.717, 1.165) is 32.1 Å². The summed E-state index contributed by atoms with van der Waals surface area (Å²) >= 11 is 5.64. The van der Waals surface area contributed by atoms with E-state index in [1.54, 1.807) is 0 Å². The highest BCUT2D eigenvalue weighted by molar-refractivity contribution is 6.18. The van der Waals surface area contributed by atoms with E-state index in [1.165, 1.54) is 0 Å². The van der Waals surface area contributed by atoms with Gasteiger partial charge in [-0.25, -0.2) is 0 Å². The minimum atomic E-state index is 0.660. The first kappa shape index (κ1) is 8.31. The molecule has 0 bridgehead atoms. The highest BCUT2D eigenvalue weighted by atomic mass is 35.5. The first-order valence-corrected chi connectivity index (χ1v) is 4.39. The van der Waals surface area contributed by atoms with Gasteiger partial charge < -0.3 is 5.32 Å². The van der Waals surface area contributed by atoms with Crippen LogP contribution in [0.3, 0.4) is 0 Å². The van der Waals surface area contributed by atoms with Crippen molar-refractivity contribution in [1.82, 2.24) is 10.2 Å². The summed E-state index contributed by atoms with van der Waals surface area (Å²) in [7, 11) is 0. The van der Waals surface area contributed by atoms with Gasteiger partial charge in [0.25, 0.3) is 0 Å². The molecule has 1 fully saturated rings. The lowest BCUT2D eigenvalue weighted by Crippen LogP contribution is -2.50. The molecule has 2 nitrogen and oxygen atoms in total. The second-order valence-corrected chi connectivity index (χ2v) is 3.16. The fourth-order valence-corrected chi connectivity index (χ4v) is 1.54. The topological polar surface area (TPSA) is 15.3 Å². The van der Waals surface area contributed by atoms with E-state index in [9.17, 15) is 0 Å². The highest BCUT2D eigenvalue weighted by Crippen LogP contribution is 2.01. The normalized spacial score (nSPS) is 28.8. The standard InChI is InChI=1S/C7H15ClN2/c1-7-6-9-3-5-10(7)4-2-8/h7,9H,2-6H2,1H3. The molecule has 0 spiro atoms. The monoisotopic (exact) mass is 162 g/mol. The van der Waals surface area contributed by atoms with Gasteiger partial charge in [0.1, 0.15) is 0 Å². The van der Waals surface area contributed by atoms with E-state index >= 15 is 0 Å². The van der Waals surface area contributed by atoms with Crippen molar-refractivity contribution < 1.29 is 0 Å². The molecule has 0 aromatic heterocycles. The Labute approximate surface area is 67.5 Å². The molecule has 1 saturated heterocycles. The van der Waals surface area contributed by atoms with Crippen molar-refractivity contribution in [1.29, 1.82) is 0 Å². The Kier molecular flexibility index (Phi) is 3.46. The van der Waals surface area contributed by atoms with E-state index in [2.05, 4.69) is 17.1 Å². The second-order valence-electron chi connectivity index (χ2n) is 2.78. The van der Waals surface area contributed by atoms with Crippen LogP contribution in [0.15, 0.2) is 0 Å². The van der Waals surface area contributed by atoms with Gasteiger partial charge in [0, 0.05) is 38.1 Å². The van der Waals surface area contributed by atoms with Crippen LogP contribution in [0, 0.1) is 0 Å². The molecule has 0 aliphatic carbocycles. The lowest BCUT2D eigenvalue weighted by Gasteiger charge is -2.33. The maximum Gasteiger partial charge on any atom is 0.0351 e. The molecule has 0 aromatic carbocycles. The van der Waals surface area contributed by atoms with Crippen LogP contribution in [0.5, 0.6) is 0 Å². The van der Waals surface area contributed by atoms with Crippen molar-refractivity contribution in [2.45, 2.75) is 13.0 Å². The van der Waals surface area contributed by atoms with Crippen LogP contribution >= 0.6 is 11.6 Å². The van der Waals surface area contributed by atoms with Gasteiger partial charge >= 0.3 is 0 Å². The number of piperazine rings is 1. The zero-order valence-corrected chi connectivity index (χ0v) is 7.19. The van der Waals surface area contributed by atoms with Gasteiger partial charge in [0.05, 0.1) is 0 Å². The molecule has 1 aliphatic heterocycles. The molecule has 0 aromatic rings. The number of rotatable bonds is 2. The highest BCUT2D eigenvalue weighted by Gasteiger charge is 2.15. The molecule has 60 valence electrons. The van der Waals surface area contributed by atoms with E-state index in [4.69, 9.17) is 11.6 Å². The van der Waals surface area contributed by atoms with Crippen molar-refractivity contribution in [3.63, 3.8) is 0 Å². The number of nitrogens with zero attached hydrogens (tertiary/aromatic N) is 1. The quantitative estimate of drug-likeness (QED) is 0.596. The summed E-state index contributed by atoms with van der Waals surface area (Å²) in [6.07, 6.45) is 0. The third kappa shape index (κ3) is 2.11. The molecule has 1 heterocycles. The Hall–Kier alpha value is 0.210. The van der Waals surface area contributed by atoms with Crippen LogP contribution in [0.4, 0.5) is 0 Å². The van der Waals surface area contributed by atoms with Gasteiger partial charge in [-0.2, -0.15) is 0 Å². The van der Waals surface area contributed by atoms with Crippen molar-refractivity contribution in [3.8, 4) is 0 Å². The summed E-state index contributed by atoms with van der Waals surface area (Å²) in [6, 6.07) is 0.660. The summed E-state index contributed by atoms with van der Waals surface area (Å²) < 4.78 is 0. The minimum Gasteiger partial charge on any atom is -0.314 e. The Morgan fingerprint density at radius 2 is 2.50 bits per heavy atom. The summed E-state index contributed by atoms with van der Waals surface area (Å²) in [4.78, 5) is 2.42. The van der Waals surface area contributed by atoms with Crippen molar-refractivity contribution in [2.24, 2.45) is 0 Å². The van der Waals surface area contributed by atoms with Crippen molar-refractivity contribution in [3.05, 3.63) is 0 Å². The first-order chi connectivity index (χ1) is 4.84. The van der Waals surface area contributed by atoms with Gasteiger partial charge in [-0.15, -0.1) is 11.6 Å². The van der Waals surface area contributed by atoms with Crippen LogP contribution in [0.2, 0.25) is 0 Å². The molecule has 10 heavy (non-hydrogen) atoms. The van der Waals surface area contributed by atoms with E-state index in [-0.39, 0.29) is 0 Å². The largest absolute Gasteiger partial charge is 0.314 e. The van der Waals surface area contributed by atoms with Crippen LogP contribution in [-0.4, -0.2) is 43.0 Å². The minimum absolute atomic E-state index is 0.660. The smallest absolute Gasteiger partial charge is 0.0351 e. The summed E-state index contributed by atoms with van der Waals surface area (Å²) in [6.45, 7) is 6.63. The first-order valence-electron chi connectivity index (χ1n) is 3.85. The summed E-state index contributed by atoms with van der Waals surface area (Å²) in [5.41, 5.74) is 0. The van der Waals surface area contributed by atoms with Gasteiger partial charge in [0.2, 0.25) is 0 Å². The molecule has 1 rings (SSSR count). The SMILES string of the molecule is CC1CNCCN1CCCl. The van der Waals surface area contributed by atoms with Crippen LogP contribution in [0.25, 0.3) is 0 Å². The molecule has 1 N–H and O–H groups in total. The zero-order chi connectivity index (χ0) is 7.40. The average molecular weight is 163 g/mol. The Morgan fingerprint density at radius 1 is 1.70 bits per heavy atom. The average Bonchev–Trinajstić information content (AvgIpc) is 1.94. The molecule has 1 atom stereocenters. The molecule has 1 aliphatic rings. The molecular formula is C7H15ClN2. The van der Waals surface area contributed by atoms with Gasteiger partial charge in [-0.05, 0) is 6.92 Å². The van der Waals surface area contributed by atoms with Gasteiger partial charge in [0.15, 0.2) is 0 Å². The molecule has 0 radical (unpaired) electrons. The zero-order valence-electron chi connectivity index (χ0n) is 6.44. The van der Waals surface area contributed by atoms with Crippen LogP contribution in [-0.2, 0) is 0 Å². The van der Waals surface area contributed by atoms with Gasteiger partial charge in [-0.1, -0.05) is 0 Å².